The zero-order valence-electron chi connectivity index (χ0n) is 19.1. The van der Waals surface area contributed by atoms with Gasteiger partial charge in [0.25, 0.3) is 0 Å². The van der Waals surface area contributed by atoms with Crippen LogP contribution in [-0.2, 0) is 11.3 Å². The van der Waals surface area contributed by atoms with Gasteiger partial charge in [-0.2, -0.15) is 5.10 Å². The molecule has 2 aromatic carbocycles. The molecule has 2 saturated heterocycles. The number of hydrogen-bond acceptors (Lipinski definition) is 5. The van der Waals surface area contributed by atoms with Gasteiger partial charge in [0, 0.05) is 43.0 Å². The molecule has 1 aromatic heterocycles. The molecule has 0 unspecified atom stereocenters. The van der Waals surface area contributed by atoms with Gasteiger partial charge in [-0.3, -0.25) is 9.80 Å². The number of likely N-dealkylation sites (tertiary alicyclic amines) is 1. The van der Waals surface area contributed by atoms with Crippen LogP contribution in [0.1, 0.15) is 18.4 Å². The minimum Gasteiger partial charge on any atom is -0.497 e. The molecule has 0 aliphatic carbocycles. The molecule has 2 aliphatic rings. The largest absolute Gasteiger partial charge is 0.497 e. The zero-order valence-corrected chi connectivity index (χ0v) is 19.1. The van der Waals surface area contributed by atoms with Gasteiger partial charge in [-0.1, -0.05) is 12.1 Å². The van der Waals surface area contributed by atoms with E-state index in [9.17, 15) is 4.39 Å². The normalized spacial score (nSPS) is 18.5. The summed E-state index contributed by atoms with van der Waals surface area (Å²) in [6.45, 7) is 6.70. The molecule has 5 rings (SSSR count). The van der Waals surface area contributed by atoms with Crippen molar-refractivity contribution in [2.45, 2.75) is 25.4 Å². The van der Waals surface area contributed by atoms with Crippen molar-refractivity contribution in [2.75, 3.05) is 46.5 Å². The summed E-state index contributed by atoms with van der Waals surface area (Å²) in [5.41, 5.74) is 3.70. The number of morpholine rings is 1. The average Bonchev–Trinajstić information content (AvgIpc) is 3.29. The second-order valence-electron chi connectivity index (χ2n) is 8.81. The van der Waals surface area contributed by atoms with E-state index < -0.39 is 0 Å². The molecule has 2 aliphatic heterocycles. The van der Waals surface area contributed by atoms with Gasteiger partial charge in [-0.15, -0.1) is 0 Å². The molecule has 3 aromatic rings. The molecule has 0 N–H and O–H groups in total. The van der Waals surface area contributed by atoms with Crippen LogP contribution in [0.15, 0.2) is 54.7 Å². The van der Waals surface area contributed by atoms with Crippen molar-refractivity contribution in [3.8, 4) is 22.7 Å². The Morgan fingerprint density at radius 1 is 1.03 bits per heavy atom. The van der Waals surface area contributed by atoms with Gasteiger partial charge in [0.15, 0.2) is 0 Å². The number of halogens is 1. The van der Waals surface area contributed by atoms with Crippen LogP contribution in [0.4, 0.5) is 4.39 Å². The van der Waals surface area contributed by atoms with Gasteiger partial charge in [0.2, 0.25) is 0 Å². The van der Waals surface area contributed by atoms with Gasteiger partial charge in [0.05, 0.1) is 31.7 Å². The molecule has 3 heterocycles. The smallest absolute Gasteiger partial charge is 0.123 e. The fourth-order valence-corrected chi connectivity index (χ4v) is 4.90. The number of aromatic nitrogens is 2. The topological polar surface area (TPSA) is 42.8 Å². The zero-order chi connectivity index (χ0) is 22.6. The maximum absolute atomic E-state index is 14.0. The highest BCUT2D eigenvalue weighted by molar-refractivity contribution is 5.63. The van der Waals surface area contributed by atoms with Crippen LogP contribution in [-0.4, -0.2) is 72.1 Å². The van der Waals surface area contributed by atoms with Crippen LogP contribution in [0.5, 0.6) is 5.75 Å². The van der Waals surface area contributed by atoms with E-state index in [-0.39, 0.29) is 5.82 Å². The molecular weight excluding hydrogens is 419 g/mol. The highest BCUT2D eigenvalue weighted by Gasteiger charge is 2.26. The van der Waals surface area contributed by atoms with Gasteiger partial charge in [-0.25, -0.2) is 9.07 Å². The number of rotatable bonds is 6. The Bertz CT molecular complexity index is 1050. The van der Waals surface area contributed by atoms with Crippen LogP contribution < -0.4 is 4.74 Å². The first kappa shape index (κ1) is 22.1. The van der Waals surface area contributed by atoms with Crippen molar-refractivity contribution in [3.63, 3.8) is 0 Å². The third kappa shape index (κ3) is 5.11. The fraction of sp³-hybridized carbons (Fsp3) is 0.423. The van der Waals surface area contributed by atoms with Crippen LogP contribution in [0.25, 0.3) is 16.9 Å². The Hall–Kier alpha value is -2.74. The Balaban J connectivity index is 1.36. The quantitative estimate of drug-likeness (QED) is 0.568. The minimum atomic E-state index is -0.247. The molecular formula is C26H31FN4O2. The molecule has 6 nitrogen and oxygen atoms in total. The highest BCUT2D eigenvalue weighted by Crippen LogP contribution is 2.28. The molecule has 0 spiro atoms. The number of hydrogen-bond donors (Lipinski definition) is 0. The Morgan fingerprint density at radius 2 is 1.79 bits per heavy atom. The second kappa shape index (κ2) is 10.0. The van der Waals surface area contributed by atoms with E-state index in [1.807, 2.05) is 35.0 Å². The molecule has 7 heteroatoms. The van der Waals surface area contributed by atoms with Crippen LogP contribution >= 0.6 is 0 Å². The predicted molar refractivity (Wildman–Crippen MR) is 126 cm³/mol. The lowest BCUT2D eigenvalue weighted by Gasteiger charge is -2.40. The first-order valence-electron chi connectivity index (χ1n) is 11.7. The fourth-order valence-electron chi connectivity index (χ4n) is 4.90. The second-order valence-corrected chi connectivity index (χ2v) is 8.81. The summed E-state index contributed by atoms with van der Waals surface area (Å²) in [4.78, 5) is 5.08. The van der Waals surface area contributed by atoms with E-state index in [1.54, 1.807) is 19.2 Å². The summed E-state index contributed by atoms with van der Waals surface area (Å²) in [6, 6.07) is 15.2. The van der Waals surface area contributed by atoms with Gasteiger partial charge in [-0.05, 0) is 62.3 Å². The van der Waals surface area contributed by atoms with Crippen LogP contribution in [0, 0.1) is 5.82 Å². The van der Waals surface area contributed by atoms with Crippen molar-refractivity contribution in [1.82, 2.24) is 19.6 Å². The molecule has 2 fully saturated rings. The van der Waals surface area contributed by atoms with Crippen molar-refractivity contribution >= 4 is 0 Å². The molecule has 0 saturated carbocycles. The van der Waals surface area contributed by atoms with Crippen molar-refractivity contribution < 1.29 is 13.9 Å². The summed E-state index contributed by atoms with van der Waals surface area (Å²) >= 11 is 0. The summed E-state index contributed by atoms with van der Waals surface area (Å²) in [6.07, 6.45) is 4.42. The number of ether oxygens (including phenoxy) is 2. The highest BCUT2D eigenvalue weighted by atomic mass is 19.1. The van der Waals surface area contributed by atoms with E-state index in [0.29, 0.717) is 6.04 Å². The number of benzene rings is 2. The first-order chi connectivity index (χ1) is 16.2. The van der Waals surface area contributed by atoms with Crippen molar-refractivity contribution in [2.24, 2.45) is 0 Å². The van der Waals surface area contributed by atoms with Gasteiger partial charge < -0.3 is 9.47 Å². The van der Waals surface area contributed by atoms with Crippen molar-refractivity contribution in [1.29, 1.82) is 0 Å². The third-order valence-electron chi connectivity index (χ3n) is 6.74. The summed E-state index contributed by atoms with van der Waals surface area (Å²) in [5, 5.41) is 4.86. The summed E-state index contributed by atoms with van der Waals surface area (Å²) in [5.74, 6) is 0.559. The van der Waals surface area contributed by atoms with E-state index in [0.717, 1.165) is 74.2 Å². The number of piperidine rings is 1. The minimum absolute atomic E-state index is 0.247. The van der Waals surface area contributed by atoms with Gasteiger partial charge in [0.1, 0.15) is 11.6 Å². The SMILES string of the molecule is COc1ccc(-n2cc(CN3CCC(N4CCOCC4)CC3)c(-c3cccc(F)c3)n2)cc1. The Morgan fingerprint density at radius 3 is 2.48 bits per heavy atom. The lowest BCUT2D eigenvalue weighted by Crippen LogP contribution is -2.48. The molecule has 0 radical (unpaired) electrons. The first-order valence-corrected chi connectivity index (χ1v) is 11.7. The van der Waals surface area contributed by atoms with E-state index in [4.69, 9.17) is 14.6 Å². The van der Waals surface area contributed by atoms with Gasteiger partial charge >= 0.3 is 0 Å². The van der Waals surface area contributed by atoms with E-state index in [1.165, 1.54) is 18.9 Å². The lowest BCUT2D eigenvalue weighted by atomic mass is 10.0. The van der Waals surface area contributed by atoms with Crippen LogP contribution in [0.2, 0.25) is 0 Å². The standard InChI is InChI=1S/C26H31FN4O2/c1-32-25-7-5-24(6-8-25)31-19-21(26(28-31)20-3-2-4-22(27)17-20)18-29-11-9-23(10-12-29)30-13-15-33-16-14-30/h2-8,17,19,23H,9-16,18H2,1H3. The molecule has 174 valence electrons. The average molecular weight is 451 g/mol. The maximum Gasteiger partial charge on any atom is 0.123 e. The van der Waals surface area contributed by atoms with E-state index in [2.05, 4.69) is 16.0 Å². The summed E-state index contributed by atoms with van der Waals surface area (Å²) in [7, 11) is 1.66. The molecule has 33 heavy (non-hydrogen) atoms. The Kier molecular flexibility index (Phi) is 6.71. The predicted octanol–water partition coefficient (Wildman–Crippen LogP) is 3.98. The molecule has 0 amide bonds. The monoisotopic (exact) mass is 450 g/mol. The molecule has 0 atom stereocenters. The summed E-state index contributed by atoms with van der Waals surface area (Å²) < 4.78 is 26.7. The van der Waals surface area contributed by atoms with Crippen LogP contribution in [0.3, 0.4) is 0 Å². The molecule has 0 bridgehead atoms. The van der Waals surface area contributed by atoms with E-state index >= 15 is 0 Å². The Labute approximate surface area is 194 Å². The maximum atomic E-state index is 14.0. The number of methoxy groups -OCH3 is 1. The lowest BCUT2D eigenvalue weighted by molar-refractivity contribution is 0.000241. The third-order valence-corrected chi connectivity index (χ3v) is 6.74. The van der Waals surface area contributed by atoms with Crippen molar-refractivity contribution in [3.05, 3.63) is 66.1 Å². The number of nitrogens with zero attached hydrogens (tertiary/aromatic N) is 4.